The molecule has 1 aromatic carbocycles. The molecule has 0 saturated carbocycles. The van der Waals surface area contributed by atoms with Crippen LogP contribution >= 0.6 is 0 Å². The average molecular weight is 218 g/mol. The molecule has 16 heavy (non-hydrogen) atoms. The van der Waals surface area contributed by atoms with Crippen molar-refractivity contribution in [2.75, 3.05) is 13.1 Å². The van der Waals surface area contributed by atoms with E-state index in [1.54, 1.807) is 0 Å². The molecule has 4 nitrogen and oxygen atoms in total. The molecule has 2 N–H and O–H groups in total. The summed E-state index contributed by atoms with van der Waals surface area (Å²) >= 11 is 0. The molecule has 1 aromatic rings. The van der Waals surface area contributed by atoms with Gasteiger partial charge in [-0.15, -0.1) is 0 Å². The maximum absolute atomic E-state index is 11.3. The van der Waals surface area contributed by atoms with Crippen LogP contribution in [0.4, 0.5) is 0 Å². The second kappa shape index (κ2) is 5.01. The highest BCUT2D eigenvalue weighted by Gasteiger charge is 2.26. The fourth-order valence-corrected chi connectivity index (χ4v) is 1.90. The summed E-state index contributed by atoms with van der Waals surface area (Å²) in [5.41, 5.74) is 1.12. The molecule has 2 rings (SSSR count). The zero-order valence-electron chi connectivity index (χ0n) is 8.85. The van der Waals surface area contributed by atoms with E-state index in [1.165, 1.54) is 0 Å². The molecule has 0 aromatic heterocycles. The predicted octanol–water partition coefficient (Wildman–Crippen LogP) is 0.0571. The van der Waals surface area contributed by atoms with Crippen molar-refractivity contribution >= 4 is 12.1 Å². The van der Waals surface area contributed by atoms with Crippen molar-refractivity contribution in [3.05, 3.63) is 35.9 Å². The lowest BCUT2D eigenvalue weighted by molar-refractivity contribution is -0.131. The molecule has 1 fully saturated rings. The Morgan fingerprint density at radius 3 is 2.69 bits per heavy atom. The van der Waals surface area contributed by atoms with E-state index >= 15 is 0 Å². The maximum Gasteiger partial charge on any atom is 0.213 e. The monoisotopic (exact) mass is 218 g/mol. The van der Waals surface area contributed by atoms with Gasteiger partial charge in [-0.25, -0.2) is 0 Å². The number of piperazine rings is 1. The topological polar surface area (TPSA) is 58.2 Å². The maximum atomic E-state index is 11.3. The van der Waals surface area contributed by atoms with Crippen LogP contribution < -0.4 is 10.6 Å². The molecule has 0 spiro atoms. The summed E-state index contributed by atoms with van der Waals surface area (Å²) in [7, 11) is 0. The number of aldehydes is 1. The standard InChI is InChI=1S/C12H14N2O2/c15-8-12(16)11-7-13-6-10(14-11)9-4-2-1-3-5-9/h1-5,8,10-11,13-14H,6-7H2/t10-,11?/m1/s1. The van der Waals surface area contributed by atoms with Crippen molar-refractivity contribution in [3.8, 4) is 0 Å². The number of benzene rings is 1. The van der Waals surface area contributed by atoms with Crippen LogP contribution in [0.15, 0.2) is 30.3 Å². The molecule has 0 radical (unpaired) electrons. The van der Waals surface area contributed by atoms with Crippen molar-refractivity contribution in [2.45, 2.75) is 12.1 Å². The van der Waals surface area contributed by atoms with Gasteiger partial charge in [0.25, 0.3) is 0 Å². The number of carbonyl (C=O) groups excluding carboxylic acids is 2. The first-order valence-corrected chi connectivity index (χ1v) is 5.32. The van der Waals surface area contributed by atoms with Crippen molar-refractivity contribution in [1.29, 1.82) is 0 Å². The van der Waals surface area contributed by atoms with Gasteiger partial charge in [0.1, 0.15) is 0 Å². The van der Waals surface area contributed by atoms with E-state index in [1.807, 2.05) is 30.3 Å². The van der Waals surface area contributed by atoms with Crippen LogP contribution in [-0.4, -0.2) is 31.2 Å². The number of hydrogen-bond donors (Lipinski definition) is 2. The number of nitrogens with one attached hydrogen (secondary N) is 2. The van der Waals surface area contributed by atoms with E-state index in [2.05, 4.69) is 10.6 Å². The van der Waals surface area contributed by atoms with Gasteiger partial charge in [0.05, 0.1) is 6.04 Å². The highest BCUT2D eigenvalue weighted by atomic mass is 16.2. The molecule has 1 aliphatic heterocycles. The lowest BCUT2D eigenvalue weighted by atomic mass is 10.0. The first kappa shape index (κ1) is 11.0. The number of rotatable bonds is 3. The minimum Gasteiger partial charge on any atom is -0.313 e. The first-order valence-electron chi connectivity index (χ1n) is 5.32. The quantitative estimate of drug-likeness (QED) is 0.556. The van der Waals surface area contributed by atoms with E-state index in [0.717, 1.165) is 12.1 Å². The third-order valence-electron chi connectivity index (χ3n) is 2.76. The van der Waals surface area contributed by atoms with Crippen molar-refractivity contribution in [3.63, 3.8) is 0 Å². The van der Waals surface area contributed by atoms with Crippen LogP contribution in [0, 0.1) is 0 Å². The number of ketones is 1. The van der Waals surface area contributed by atoms with E-state index in [4.69, 9.17) is 0 Å². The Bertz CT molecular complexity index is 378. The van der Waals surface area contributed by atoms with Gasteiger partial charge in [0.2, 0.25) is 5.78 Å². The van der Waals surface area contributed by atoms with E-state index in [0.29, 0.717) is 12.8 Å². The molecule has 84 valence electrons. The van der Waals surface area contributed by atoms with E-state index in [-0.39, 0.29) is 6.04 Å². The van der Waals surface area contributed by atoms with E-state index < -0.39 is 11.8 Å². The van der Waals surface area contributed by atoms with Gasteiger partial charge >= 0.3 is 0 Å². The van der Waals surface area contributed by atoms with Gasteiger partial charge in [-0.05, 0) is 5.56 Å². The summed E-state index contributed by atoms with van der Waals surface area (Å²) in [6.45, 7) is 1.29. The normalized spacial score (nSPS) is 25.0. The Kier molecular flexibility index (Phi) is 3.44. The molecule has 1 saturated heterocycles. The Morgan fingerprint density at radius 1 is 1.25 bits per heavy atom. The highest BCUT2D eigenvalue weighted by Crippen LogP contribution is 2.14. The van der Waals surface area contributed by atoms with Crippen LogP contribution in [0.25, 0.3) is 0 Å². The minimum atomic E-state index is -0.406. The van der Waals surface area contributed by atoms with Crippen LogP contribution in [0.5, 0.6) is 0 Å². The SMILES string of the molecule is O=CC(=O)C1CNC[C@H](c2ccccc2)N1. The molecule has 2 atom stereocenters. The van der Waals surface area contributed by atoms with Crippen molar-refractivity contribution in [1.82, 2.24) is 10.6 Å². The van der Waals surface area contributed by atoms with Crippen LogP contribution in [-0.2, 0) is 9.59 Å². The fraction of sp³-hybridized carbons (Fsp3) is 0.333. The minimum absolute atomic E-state index is 0.0869. The van der Waals surface area contributed by atoms with Crippen LogP contribution in [0.1, 0.15) is 11.6 Å². The summed E-state index contributed by atoms with van der Waals surface area (Å²) < 4.78 is 0. The summed E-state index contributed by atoms with van der Waals surface area (Å²) in [6, 6.07) is 9.57. The lowest BCUT2D eigenvalue weighted by Gasteiger charge is -2.30. The first-order chi connectivity index (χ1) is 7.81. The van der Waals surface area contributed by atoms with Gasteiger partial charge in [0.15, 0.2) is 6.29 Å². The van der Waals surface area contributed by atoms with E-state index in [9.17, 15) is 9.59 Å². The number of carbonyl (C=O) groups is 2. The second-order valence-electron chi connectivity index (χ2n) is 3.86. The molecule has 1 unspecified atom stereocenters. The summed E-state index contributed by atoms with van der Waals surface area (Å²) in [5.74, 6) is -0.395. The molecule has 0 bridgehead atoms. The Labute approximate surface area is 94.0 Å². The lowest BCUT2D eigenvalue weighted by Crippen LogP contribution is -2.54. The predicted molar refractivity (Wildman–Crippen MR) is 60.0 cm³/mol. The summed E-state index contributed by atoms with van der Waals surface area (Å²) in [6.07, 6.45) is 0.382. The summed E-state index contributed by atoms with van der Waals surface area (Å²) in [5, 5.41) is 6.33. The van der Waals surface area contributed by atoms with Crippen molar-refractivity contribution in [2.24, 2.45) is 0 Å². The Balaban J connectivity index is 2.07. The Hall–Kier alpha value is -1.52. The third-order valence-corrected chi connectivity index (χ3v) is 2.76. The average Bonchev–Trinajstić information content (AvgIpc) is 2.39. The fourth-order valence-electron chi connectivity index (χ4n) is 1.90. The van der Waals surface area contributed by atoms with Gasteiger partial charge in [-0.3, -0.25) is 14.9 Å². The molecular formula is C12H14N2O2. The molecule has 0 amide bonds. The van der Waals surface area contributed by atoms with Gasteiger partial charge in [-0.2, -0.15) is 0 Å². The zero-order valence-corrected chi connectivity index (χ0v) is 8.85. The molecule has 1 heterocycles. The van der Waals surface area contributed by atoms with Gasteiger partial charge < -0.3 is 5.32 Å². The smallest absolute Gasteiger partial charge is 0.213 e. The third kappa shape index (κ3) is 2.35. The second-order valence-corrected chi connectivity index (χ2v) is 3.86. The van der Waals surface area contributed by atoms with Crippen LogP contribution in [0.2, 0.25) is 0 Å². The molecule has 4 heteroatoms. The zero-order chi connectivity index (χ0) is 11.4. The molecule has 0 aliphatic carbocycles. The summed E-state index contributed by atoms with van der Waals surface area (Å²) in [4.78, 5) is 21.7. The van der Waals surface area contributed by atoms with Gasteiger partial charge in [-0.1, -0.05) is 30.3 Å². The molecule has 1 aliphatic rings. The Morgan fingerprint density at radius 2 is 2.00 bits per heavy atom. The largest absolute Gasteiger partial charge is 0.313 e. The number of hydrogen-bond acceptors (Lipinski definition) is 4. The van der Waals surface area contributed by atoms with Crippen molar-refractivity contribution < 1.29 is 9.59 Å². The number of Topliss-reactive ketones (excluding diaryl/α,β-unsaturated/α-hetero) is 1. The van der Waals surface area contributed by atoms with Crippen LogP contribution in [0.3, 0.4) is 0 Å². The molecular weight excluding hydrogens is 204 g/mol. The van der Waals surface area contributed by atoms with Gasteiger partial charge in [0, 0.05) is 19.1 Å². The highest BCUT2D eigenvalue weighted by molar-refractivity contribution is 6.27.